The number of carbonyl (C=O) groups excluding carboxylic acids is 2. The summed E-state index contributed by atoms with van der Waals surface area (Å²) in [7, 11) is 1.28. The molecule has 3 rings (SSSR count). The number of nitrogens with zero attached hydrogens (tertiary/aromatic N) is 3. The summed E-state index contributed by atoms with van der Waals surface area (Å²) in [6.07, 6.45) is 0.659. The molecule has 0 bridgehead atoms. The molecule has 0 spiro atoms. The minimum absolute atomic E-state index is 0.197. The molecule has 0 atom stereocenters. The zero-order valence-electron chi connectivity index (χ0n) is 15.0. The van der Waals surface area contributed by atoms with Gasteiger partial charge in [-0.25, -0.2) is 10.1 Å². The van der Waals surface area contributed by atoms with E-state index in [-0.39, 0.29) is 11.3 Å². The van der Waals surface area contributed by atoms with Gasteiger partial charge < -0.3 is 9.30 Å². The molecule has 0 amide bonds. The molecule has 0 aliphatic carbocycles. The highest BCUT2D eigenvalue weighted by atomic mass is 16.5. The minimum atomic E-state index is -0.580. The van der Waals surface area contributed by atoms with Gasteiger partial charge in [0.25, 0.3) is 0 Å². The van der Waals surface area contributed by atoms with Gasteiger partial charge in [0.05, 0.1) is 29.8 Å². The van der Waals surface area contributed by atoms with Gasteiger partial charge in [-0.05, 0) is 24.6 Å². The van der Waals surface area contributed by atoms with Gasteiger partial charge in [0.1, 0.15) is 5.69 Å². The van der Waals surface area contributed by atoms with Crippen molar-refractivity contribution in [3.63, 3.8) is 0 Å². The second kappa shape index (κ2) is 8.46. The number of esters is 1. The van der Waals surface area contributed by atoms with Crippen molar-refractivity contribution >= 4 is 23.2 Å². The lowest BCUT2D eigenvalue weighted by Gasteiger charge is -2.10. The van der Waals surface area contributed by atoms with Crippen molar-refractivity contribution in [3.05, 3.63) is 70.4 Å². The summed E-state index contributed by atoms with van der Waals surface area (Å²) in [6.45, 7) is 5.89. The number of hydrogen-bond donors (Lipinski definition) is 0. The maximum absolute atomic E-state index is 12.3. The van der Waals surface area contributed by atoms with Crippen LogP contribution in [-0.2, 0) is 11.3 Å². The first-order chi connectivity index (χ1) is 13.1. The molecule has 2 aromatic carbocycles. The smallest absolute Gasteiger partial charge is 0.355 e. The summed E-state index contributed by atoms with van der Waals surface area (Å²) in [5, 5.41) is 16.3. The second-order valence-corrected chi connectivity index (χ2v) is 5.79. The number of benzene rings is 2. The summed E-state index contributed by atoms with van der Waals surface area (Å²) >= 11 is 0. The summed E-state index contributed by atoms with van der Waals surface area (Å²) < 4.78 is 6.61. The van der Waals surface area contributed by atoms with Gasteiger partial charge in [0.15, 0.2) is 6.29 Å². The van der Waals surface area contributed by atoms with E-state index in [2.05, 4.69) is 12.6 Å². The Labute approximate surface area is 156 Å². The molecule has 0 radical (unpaired) electrons. The zero-order valence-corrected chi connectivity index (χ0v) is 15.0. The number of methoxy groups -OCH3 is 1. The Morgan fingerprint density at radius 2 is 1.89 bits per heavy atom. The average molecular weight is 359 g/mol. The maximum Gasteiger partial charge on any atom is 0.355 e. The summed E-state index contributed by atoms with van der Waals surface area (Å²) in [5.74, 6) is -0.580. The zero-order chi connectivity index (χ0) is 20.0. The first-order valence-corrected chi connectivity index (χ1v) is 8.00. The molecule has 0 N–H and O–H groups in total. The third kappa shape index (κ3) is 3.70. The first-order valence-electron chi connectivity index (χ1n) is 8.00. The van der Waals surface area contributed by atoms with Crippen molar-refractivity contribution in [2.75, 3.05) is 7.11 Å². The van der Waals surface area contributed by atoms with Crippen LogP contribution in [0.4, 0.5) is 0 Å². The highest BCUT2D eigenvalue weighted by Crippen LogP contribution is 2.28. The fourth-order valence-electron chi connectivity index (χ4n) is 2.92. The molecule has 6 heteroatoms. The Balaban J connectivity index is 0.00000126. The monoisotopic (exact) mass is 359 g/mol. The Morgan fingerprint density at radius 1 is 1.22 bits per heavy atom. The fraction of sp³-hybridized carbons (Fsp3) is 0.143. The lowest BCUT2D eigenvalue weighted by atomic mass is 10.1. The molecule has 3 aromatic rings. The largest absolute Gasteiger partial charge is 0.464 e. The van der Waals surface area contributed by atoms with Crippen molar-refractivity contribution in [3.8, 4) is 12.6 Å². The van der Waals surface area contributed by atoms with Crippen LogP contribution in [0.15, 0.2) is 42.5 Å². The van der Waals surface area contributed by atoms with Gasteiger partial charge in [-0.2, -0.15) is 5.26 Å². The molecule has 0 aliphatic heterocycles. The number of nitriles is 2. The fourth-order valence-corrected chi connectivity index (χ4v) is 2.92. The van der Waals surface area contributed by atoms with Crippen LogP contribution in [-0.4, -0.2) is 23.9 Å². The lowest BCUT2D eigenvalue weighted by molar-refractivity contribution is 0.0587. The van der Waals surface area contributed by atoms with Crippen LogP contribution < -0.4 is 0 Å². The lowest BCUT2D eigenvalue weighted by Crippen LogP contribution is -2.13. The Morgan fingerprint density at radius 3 is 2.44 bits per heavy atom. The van der Waals surface area contributed by atoms with E-state index < -0.39 is 5.97 Å². The molecule has 27 heavy (non-hydrogen) atoms. The number of aromatic nitrogens is 1. The standard InChI is InChI=1S/C20H16N2O3.CHN/c1-13-3-5-14(6-4-13)11-22-18-9-15(10-21)7-8-16(18)17(12-23)19(22)20(24)25-2;1-2/h3-9,12H,11H2,1-2H3;1H. The summed E-state index contributed by atoms with van der Waals surface area (Å²) in [6, 6.07) is 15.0. The third-order valence-electron chi connectivity index (χ3n) is 4.19. The predicted octanol–water partition coefficient (Wildman–Crippen LogP) is 3.61. The topological polar surface area (TPSA) is 95.9 Å². The number of ether oxygens (including phenoxy) is 1. The van der Waals surface area contributed by atoms with Crippen LogP contribution in [0.2, 0.25) is 0 Å². The van der Waals surface area contributed by atoms with Crippen molar-refractivity contribution in [1.29, 1.82) is 10.5 Å². The molecule has 6 nitrogen and oxygen atoms in total. The molecule has 0 aliphatic rings. The van der Waals surface area contributed by atoms with Crippen LogP contribution in [0.3, 0.4) is 0 Å². The molecular formula is C21H17N3O3. The minimum Gasteiger partial charge on any atom is -0.464 e. The van der Waals surface area contributed by atoms with Crippen molar-refractivity contribution in [2.24, 2.45) is 0 Å². The third-order valence-corrected chi connectivity index (χ3v) is 4.19. The maximum atomic E-state index is 12.3. The van der Waals surface area contributed by atoms with Gasteiger partial charge in [-0.15, -0.1) is 0 Å². The quantitative estimate of drug-likeness (QED) is 0.524. The number of fused-ring (bicyclic) bond motifs is 1. The highest BCUT2D eigenvalue weighted by molar-refractivity contribution is 6.09. The number of aryl methyl sites for hydroxylation is 1. The van der Waals surface area contributed by atoms with Gasteiger partial charge >= 0.3 is 5.97 Å². The van der Waals surface area contributed by atoms with Crippen LogP contribution >= 0.6 is 0 Å². The van der Waals surface area contributed by atoms with E-state index in [9.17, 15) is 14.9 Å². The van der Waals surface area contributed by atoms with Gasteiger partial charge in [-0.1, -0.05) is 35.9 Å². The van der Waals surface area contributed by atoms with Crippen molar-refractivity contribution < 1.29 is 14.3 Å². The Kier molecular flexibility index (Phi) is 6.09. The predicted molar refractivity (Wildman–Crippen MR) is 100 cm³/mol. The number of aldehydes is 1. The van der Waals surface area contributed by atoms with E-state index in [0.717, 1.165) is 11.1 Å². The molecule has 1 aromatic heterocycles. The Hall–Kier alpha value is -3.90. The molecule has 134 valence electrons. The van der Waals surface area contributed by atoms with Gasteiger partial charge in [0, 0.05) is 18.5 Å². The van der Waals surface area contributed by atoms with E-state index in [1.807, 2.05) is 31.2 Å². The van der Waals surface area contributed by atoms with Gasteiger partial charge in [0.2, 0.25) is 0 Å². The molecule has 1 heterocycles. The van der Waals surface area contributed by atoms with E-state index >= 15 is 0 Å². The van der Waals surface area contributed by atoms with E-state index in [1.165, 1.54) is 7.11 Å². The molecule has 0 saturated carbocycles. The van der Waals surface area contributed by atoms with E-state index in [1.54, 1.807) is 22.8 Å². The normalized spacial score (nSPS) is 9.74. The number of rotatable bonds is 4. The second-order valence-electron chi connectivity index (χ2n) is 5.79. The summed E-state index contributed by atoms with van der Waals surface area (Å²) in [4.78, 5) is 24.0. The van der Waals surface area contributed by atoms with Crippen molar-refractivity contribution in [2.45, 2.75) is 13.5 Å². The van der Waals surface area contributed by atoms with Crippen LogP contribution in [0.1, 0.15) is 37.5 Å². The van der Waals surface area contributed by atoms with Gasteiger partial charge in [-0.3, -0.25) is 4.79 Å². The Bertz CT molecular complexity index is 1050. The van der Waals surface area contributed by atoms with E-state index in [0.29, 0.717) is 29.3 Å². The average Bonchev–Trinajstić information content (AvgIpc) is 3.03. The van der Waals surface area contributed by atoms with E-state index in [4.69, 9.17) is 10.00 Å². The number of hydrogen-bond acceptors (Lipinski definition) is 5. The molecule has 0 fully saturated rings. The van der Waals surface area contributed by atoms with Crippen LogP contribution in [0, 0.1) is 30.1 Å². The SMILES string of the molecule is C#N.COC(=O)c1c(C=O)c2ccc(C#N)cc2n1Cc1ccc(C)cc1. The molecular weight excluding hydrogens is 342 g/mol. The van der Waals surface area contributed by atoms with Crippen molar-refractivity contribution in [1.82, 2.24) is 4.57 Å². The van der Waals surface area contributed by atoms with Crippen LogP contribution in [0.5, 0.6) is 0 Å². The molecule has 0 saturated heterocycles. The van der Waals surface area contributed by atoms with Crippen LogP contribution in [0.25, 0.3) is 10.9 Å². The highest BCUT2D eigenvalue weighted by Gasteiger charge is 2.23. The summed E-state index contributed by atoms with van der Waals surface area (Å²) in [5.41, 5.74) is 3.70. The first kappa shape index (κ1) is 19.4. The number of carbonyl (C=O) groups is 2. The molecule has 0 unspecified atom stereocenters.